The Morgan fingerprint density at radius 2 is 0.845 bits per heavy atom. The molecule has 0 N–H and O–H groups in total. The van der Waals surface area contributed by atoms with Crippen molar-refractivity contribution in [2.45, 2.75) is 5.41 Å². The summed E-state index contributed by atoms with van der Waals surface area (Å²) in [5, 5.41) is 5.10. The van der Waals surface area contributed by atoms with Gasteiger partial charge in [-0.2, -0.15) is 0 Å². The second-order valence-corrected chi connectivity index (χ2v) is 15.3. The lowest BCUT2D eigenvalue weighted by molar-refractivity contribution is 0.768. The predicted molar refractivity (Wildman–Crippen MR) is 244 cm³/mol. The van der Waals surface area contributed by atoms with Crippen LogP contribution in [-0.4, -0.2) is 0 Å². The summed E-state index contributed by atoms with van der Waals surface area (Å²) in [5.74, 6) is 0. The first-order chi connectivity index (χ1) is 28.8. The maximum absolute atomic E-state index is 2.45. The van der Waals surface area contributed by atoms with E-state index < -0.39 is 5.41 Å². The Bertz CT molecular complexity index is 3070. The Morgan fingerprint density at radius 3 is 1.60 bits per heavy atom. The van der Waals surface area contributed by atoms with Gasteiger partial charge in [0.25, 0.3) is 0 Å². The normalized spacial score (nSPS) is 12.6. The van der Waals surface area contributed by atoms with Crippen LogP contribution in [0.4, 0.5) is 17.1 Å². The van der Waals surface area contributed by atoms with Crippen molar-refractivity contribution >= 4 is 38.6 Å². The maximum atomic E-state index is 2.45. The van der Waals surface area contributed by atoms with Gasteiger partial charge in [-0.3, -0.25) is 0 Å². The summed E-state index contributed by atoms with van der Waals surface area (Å²) in [6, 6.07) is 86.8. The van der Waals surface area contributed by atoms with Crippen LogP contribution < -0.4 is 4.90 Å². The minimum atomic E-state index is -0.481. The van der Waals surface area contributed by atoms with Crippen LogP contribution in [0.3, 0.4) is 0 Å². The molecule has 1 aliphatic carbocycles. The van der Waals surface area contributed by atoms with E-state index in [9.17, 15) is 0 Å². The van der Waals surface area contributed by atoms with Crippen molar-refractivity contribution < 1.29 is 0 Å². The molecule has 10 aromatic rings. The highest BCUT2D eigenvalue weighted by Crippen LogP contribution is 2.59. The van der Waals surface area contributed by atoms with Gasteiger partial charge in [0.15, 0.2) is 0 Å². The van der Waals surface area contributed by atoms with Gasteiger partial charge in [-0.15, -0.1) is 0 Å². The molecule has 0 unspecified atom stereocenters. The van der Waals surface area contributed by atoms with Crippen molar-refractivity contribution in [3.05, 3.63) is 259 Å². The summed E-state index contributed by atoms with van der Waals surface area (Å²) >= 11 is 0. The SMILES string of the molecule is c1ccc(N(c2cccc(-c3cccc(-c4ccc5c(ccc6ccccc65)c4)c3)c2)c2cccc3c2-c2ccccc2C3(c2ccccc2)c2ccccc2)cc1. The van der Waals surface area contributed by atoms with E-state index in [-0.39, 0.29) is 0 Å². The summed E-state index contributed by atoms with van der Waals surface area (Å²) < 4.78 is 0. The van der Waals surface area contributed by atoms with Gasteiger partial charge in [0, 0.05) is 16.9 Å². The van der Waals surface area contributed by atoms with Gasteiger partial charge in [0.1, 0.15) is 0 Å². The monoisotopic (exact) mass is 737 g/mol. The smallest absolute Gasteiger partial charge is 0.0714 e. The lowest BCUT2D eigenvalue weighted by atomic mass is 9.68. The number of fused-ring (bicyclic) bond motifs is 6. The Balaban J connectivity index is 1.07. The fourth-order valence-electron chi connectivity index (χ4n) is 9.56. The third-order valence-corrected chi connectivity index (χ3v) is 12.1. The lowest BCUT2D eigenvalue weighted by Crippen LogP contribution is -2.28. The van der Waals surface area contributed by atoms with Gasteiger partial charge in [-0.1, -0.05) is 194 Å². The molecule has 0 atom stereocenters. The van der Waals surface area contributed by atoms with Gasteiger partial charge in [-0.25, -0.2) is 0 Å². The molecule has 0 aliphatic heterocycles. The van der Waals surface area contributed by atoms with Crippen molar-refractivity contribution in [2.75, 3.05) is 4.90 Å². The summed E-state index contributed by atoms with van der Waals surface area (Å²) in [7, 11) is 0. The molecule has 58 heavy (non-hydrogen) atoms. The van der Waals surface area contributed by atoms with E-state index >= 15 is 0 Å². The number of nitrogens with zero attached hydrogens (tertiary/aromatic N) is 1. The second kappa shape index (κ2) is 13.9. The number of rotatable bonds is 7. The largest absolute Gasteiger partial charge is 0.310 e. The van der Waals surface area contributed by atoms with E-state index in [4.69, 9.17) is 0 Å². The minimum Gasteiger partial charge on any atom is -0.310 e. The summed E-state index contributed by atoms with van der Waals surface area (Å²) in [6.45, 7) is 0. The number of anilines is 3. The molecule has 0 heterocycles. The van der Waals surface area contributed by atoms with Gasteiger partial charge < -0.3 is 4.90 Å². The number of benzene rings is 10. The third-order valence-electron chi connectivity index (χ3n) is 12.1. The average Bonchev–Trinajstić information content (AvgIpc) is 3.62. The molecule has 1 nitrogen and oxygen atoms in total. The highest BCUT2D eigenvalue weighted by atomic mass is 15.1. The molecule has 0 saturated heterocycles. The van der Waals surface area contributed by atoms with Gasteiger partial charge in [0.05, 0.1) is 11.1 Å². The molecule has 0 aromatic heterocycles. The highest BCUT2D eigenvalue weighted by Gasteiger charge is 2.47. The standard InChI is InChI=1S/C57H39N/c1-4-21-46(22-5-1)57(47-23-6-2-7-24-47)53-30-13-12-29-52(53)56-54(57)31-16-32-55(56)58(48-25-8-3-9-26-48)49-27-15-20-43(39-49)41-18-14-19-42(37-41)44-35-36-51-45(38-44)34-33-40-17-10-11-28-50(40)51/h1-39H. The number of para-hydroxylation sites is 1. The lowest BCUT2D eigenvalue weighted by Gasteiger charge is -2.34. The molecule has 11 rings (SSSR count). The summed E-state index contributed by atoms with van der Waals surface area (Å²) in [4.78, 5) is 2.45. The third kappa shape index (κ3) is 5.39. The van der Waals surface area contributed by atoms with Crippen LogP contribution in [0.2, 0.25) is 0 Å². The van der Waals surface area contributed by atoms with Gasteiger partial charge in [0.2, 0.25) is 0 Å². The molecule has 0 fully saturated rings. The predicted octanol–water partition coefficient (Wildman–Crippen LogP) is 15.2. The van der Waals surface area contributed by atoms with Crippen molar-refractivity contribution in [1.82, 2.24) is 0 Å². The minimum absolute atomic E-state index is 0.481. The zero-order chi connectivity index (χ0) is 38.5. The van der Waals surface area contributed by atoms with E-state index in [1.807, 2.05) is 0 Å². The Kier molecular flexibility index (Phi) is 8.12. The van der Waals surface area contributed by atoms with Crippen molar-refractivity contribution in [2.24, 2.45) is 0 Å². The molecule has 272 valence electrons. The average molecular weight is 738 g/mol. The first-order valence-electron chi connectivity index (χ1n) is 20.1. The van der Waals surface area contributed by atoms with Crippen molar-refractivity contribution in [3.63, 3.8) is 0 Å². The van der Waals surface area contributed by atoms with Crippen LogP contribution in [0.5, 0.6) is 0 Å². The van der Waals surface area contributed by atoms with Crippen molar-refractivity contribution in [1.29, 1.82) is 0 Å². The fourth-order valence-corrected chi connectivity index (χ4v) is 9.56. The molecular formula is C57H39N. The molecule has 1 heteroatoms. The molecule has 1 aliphatic rings. The maximum Gasteiger partial charge on any atom is 0.0714 e. The van der Waals surface area contributed by atoms with Gasteiger partial charge in [-0.05, 0) is 114 Å². The quantitative estimate of drug-likeness (QED) is 0.147. The van der Waals surface area contributed by atoms with Crippen LogP contribution in [0.25, 0.3) is 54.9 Å². The molecular weight excluding hydrogens is 699 g/mol. The molecule has 0 saturated carbocycles. The zero-order valence-electron chi connectivity index (χ0n) is 32.0. The Hall–Kier alpha value is -7.48. The van der Waals surface area contributed by atoms with Crippen LogP contribution in [-0.2, 0) is 5.41 Å². The number of hydrogen-bond donors (Lipinski definition) is 0. The second-order valence-electron chi connectivity index (χ2n) is 15.3. The zero-order valence-corrected chi connectivity index (χ0v) is 32.0. The molecule has 0 spiro atoms. The Labute approximate surface area is 339 Å². The van der Waals surface area contributed by atoms with Crippen LogP contribution in [0.15, 0.2) is 237 Å². The number of hydrogen-bond acceptors (Lipinski definition) is 1. The summed E-state index contributed by atoms with van der Waals surface area (Å²) in [6.07, 6.45) is 0. The summed E-state index contributed by atoms with van der Waals surface area (Å²) in [5.41, 5.74) is 15.3. The van der Waals surface area contributed by atoms with E-state index in [0.717, 1.165) is 17.1 Å². The van der Waals surface area contributed by atoms with Crippen LogP contribution in [0, 0.1) is 0 Å². The van der Waals surface area contributed by atoms with E-state index in [1.165, 1.54) is 77.2 Å². The van der Waals surface area contributed by atoms with Crippen molar-refractivity contribution in [3.8, 4) is 33.4 Å². The highest BCUT2D eigenvalue weighted by molar-refractivity contribution is 6.08. The molecule has 0 amide bonds. The van der Waals surface area contributed by atoms with E-state index in [2.05, 4.69) is 241 Å². The van der Waals surface area contributed by atoms with E-state index in [1.54, 1.807) is 0 Å². The first-order valence-corrected chi connectivity index (χ1v) is 20.1. The van der Waals surface area contributed by atoms with E-state index in [0.29, 0.717) is 0 Å². The first kappa shape index (κ1) is 33.8. The van der Waals surface area contributed by atoms with Crippen LogP contribution >= 0.6 is 0 Å². The van der Waals surface area contributed by atoms with Crippen LogP contribution in [0.1, 0.15) is 22.3 Å². The molecule has 0 bridgehead atoms. The molecule has 10 aromatic carbocycles. The topological polar surface area (TPSA) is 3.24 Å². The Morgan fingerprint density at radius 1 is 0.310 bits per heavy atom. The van der Waals surface area contributed by atoms with Gasteiger partial charge >= 0.3 is 0 Å². The fraction of sp³-hybridized carbons (Fsp3) is 0.0175. The molecule has 0 radical (unpaired) electrons.